The van der Waals surface area contributed by atoms with Crippen molar-refractivity contribution in [1.29, 1.82) is 0 Å². The van der Waals surface area contributed by atoms with E-state index in [1.54, 1.807) is 6.07 Å². The van der Waals surface area contributed by atoms with Gasteiger partial charge in [0.05, 0.1) is 11.3 Å². The van der Waals surface area contributed by atoms with E-state index in [1.807, 2.05) is 19.2 Å². The van der Waals surface area contributed by atoms with Crippen LogP contribution in [0.4, 0.5) is 5.69 Å². The molecule has 0 saturated carbocycles. The van der Waals surface area contributed by atoms with E-state index < -0.39 is 5.97 Å². The topological polar surface area (TPSA) is 43.8 Å². The van der Waals surface area contributed by atoms with Crippen molar-refractivity contribution in [2.24, 2.45) is 0 Å². The molecule has 20 heavy (non-hydrogen) atoms. The molecule has 1 aliphatic heterocycles. The molecule has 0 aromatic heterocycles. The van der Waals surface area contributed by atoms with E-state index in [4.69, 9.17) is 0 Å². The first kappa shape index (κ1) is 15.3. The van der Waals surface area contributed by atoms with E-state index in [0.717, 1.165) is 25.3 Å². The second-order valence-electron chi connectivity index (χ2n) is 5.24. The third kappa shape index (κ3) is 3.15. The Morgan fingerprint density at radius 3 is 2.95 bits per heavy atom. The van der Waals surface area contributed by atoms with Gasteiger partial charge in [0.2, 0.25) is 0 Å². The summed E-state index contributed by atoms with van der Waals surface area (Å²) in [4.78, 5) is 16.0. The lowest BCUT2D eigenvalue weighted by molar-refractivity contribution is 0.0696. The fourth-order valence-corrected chi connectivity index (χ4v) is 3.50. The molecule has 2 rings (SSSR count). The molecule has 1 aliphatic rings. The van der Waals surface area contributed by atoms with Gasteiger partial charge < -0.3 is 10.0 Å². The van der Waals surface area contributed by atoms with Crippen LogP contribution in [-0.2, 0) is 0 Å². The molecule has 0 radical (unpaired) electrons. The van der Waals surface area contributed by atoms with Gasteiger partial charge in [0, 0.05) is 24.1 Å². The quantitative estimate of drug-likeness (QED) is 0.894. The molecule has 0 amide bonds. The number of carbonyl (C=O) groups is 1. The maximum atomic E-state index is 11.4. The first-order valence-corrected chi connectivity index (χ1v) is 7.81. The molecular weight excluding hydrogens is 320 g/mol. The largest absolute Gasteiger partial charge is 0.478 e. The summed E-state index contributed by atoms with van der Waals surface area (Å²) in [5.74, 6) is -0.891. The minimum atomic E-state index is -0.891. The maximum absolute atomic E-state index is 11.4. The zero-order valence-electron chi connectivity index (χ0n) is 12.0. The molecule has 0 bridgehead atoms. The highest BCUT2D eigenvalue weighted by molar-refractivity contribution is 9.10. The fraction of sp³-hybridized carbons (Fsp3) is 0.533. The molecule has 1 atom stereocenters. The molecule has 5 heteroatoms. The van der Waals surface area contributed by atoms with Gasteiger partial charge in [-0.3, -0.25) is 4.90 Å². The van der Waals surface area contributed by atoms with Crippen molar-refractivity contribution in [3.05, 3.63) is 28.2 Å². The highest BCUT2D eigenvalue weighted by Crippen LogP contribution is 2.28. The van der Waals surface area contributed by atoms with E-state index in [2.05, 4.69) is 32.7 Å². The Bertz CT molecular complexity index is 493. The third-order valence-corrected chi connectivity index (χ3v) is 4.67. The smallest absolute Gasteiger partial charge is 0.338 e. The predicted molar refractivity (Wildman–Crippen MR) is 84.6 cm³/mol. The summed E-state index contributed by atoms with van der Waals surface area (Å²) < 4.78 is 0.633. The molecule has 1 heterocycles. The van der Waals surface area contributed by atoms with E-state index in [9.17, 15) is 9.90 Å². The van der Waals surface area contributed by atoms with Gasteiger partial charge in [0.15, 0.2) is 0 Å². The molecule has 1 fully saturated rings. The summed E-state index contributed by atoms with van der Waals surface area (Å²) in [6.07, 6.45) is 2.42. The van der Waals surface area contributed by atoms with Crippen LogP contribution in [-0.4, -0.2) is 48.7 Å². The van der Waals surface area contributed by atoms with Crippen LogP contribution in [0.2, 0.25) is 0 Å². The number of carboxylic acids is 1. The van der Waals surface area contributed by atoms with Crippen molar-refractivity contribution in [3.8, 4) is 0 Å². The van der Waals surface area contributed by atoms with Crippen LogP contribution < -0.4 is 4.90 Å². The lowest BCUT2D eigenvalue weighted by atomic mass is 10.1. The molecule has 1 aromatic rings. The number of benzene rings is 1. The number of anilines is 1. The minimum Gasteiger partial charge on any atom is -0.478 e. The van der Waals surface area contributed by atoms with Crippen LogP contribution in [0.3, 0.4) is 0 Å². The fourth-order valence-electron chi connectivity index (χ4n) is 2.98. The second-order valence-corrected chi connectivity index (χ2v) is 6.10. The third-order valence-electron chi connectivity index (χ3n) is 4.01. The molecule has 1 unspecified atom stereocenters. The van der Waals surface area contributed by atoms with Crippen LogP contribution in [0.5, 0.6) is 0 Å². The van der Waals surface area contributed by atoms with Crippen molar-refractivity contribution in [3.63, 3.8) is 0 Å². The number of carboxylic acid groups (broad SMARTS) is 1. The minimum absolute atomic E-state index is 0.344. The zero-order chi connectivity index (χ0) is 14.7. The zero-order valence-corrected chi connectivity index (χ0v) is 13.6. The van der Waals surface area contributed by atoms with Crippen molar-refractivity contribution in [2.75, 3.05) is 31.6 Å². The molecule has 1 N–H and O–H groups in total. The molecule has 1 aromatic carbocycles. The van der Waals surface area contributed by atoms with Gasteiger partial charge >= 0.3 is 5.97 Å². The number of rotatable bonds is 5. The number of aromatic carboxylic acids is 1. The van der Waals surface area contributed by atoms with Gasteiger partial charge in [-0.25, -0.2) is 4.79 Å². The van der Waals surface area contributed by atoms with Crippen molar-refractivity contribution in [1.82, 2.24) is 4.90 Å². The average molecular weight is 341 g/mol. The summed E-state index contributed by atoms with van der Waals surface area (Å²) in [6.45, 7) is 5.26. The monoisotopic (exact) mass is 340 g/mol. The maximum Gasteiger partial charge on any atom is 0.338 e. The van der Waals surface area contributed by atoms with Crippen LogP contribution in [0.1, 0.15) is 30.1 Å². The Kier molecular flexibility index (Phi) is 5.05. The Morgan fingerprint density at radius 1 is 1.55 bits per heavy atom. The SMILES string of the molecule is CCN1CCCC1CN(C)c1cccc(Br)c1C(=O)O. The first-order valence-electron chi connectivity index (χ1n) is 7.01. The van der Waals surface area contributed by atoms with Gasteiger partial charge in [-0.15, -0.1) is 0 Å². The summed E-state index contributed by atoms with van der Waals surface area (Å²) in [5, 5.41) is 9.39. The molecular formula is C15H21BrN2O2. The second kappa shape index (κ2) is 6.59. The van der Waals surface area contributed by atoms with Gasteiger partial charge in [-0.1, -0.05) is 13.0 Å². The number of hydrogen-bond acceptors (Lipinski definition) is 3. The predicted octanol–water partition coefficient (Wildman–Crippen LogP) is 3.07. The molecule has 1 saturated heterocycles. The highest BCUT2D eigenvalue weighted by atomic mass is 79.9. The van der Waals surface area contributed by atoms with Crippen molar-refractivity contribution in [2.45, 2.75) is 25.8 Å². The number of likely N-dealkylation sites (N-methyl/N-ethyl adjacent to an activating group) is 2. The average Bonchev–Trinajstić information content (AvgIpc) is 2.85. The van der Waals surface area contributed by atoms with Gasteiger partial charge in [0.1, 0.15) is 0 Å². The molecule has 110 valence electrons. The number of halogens is 1. The number of hydrogen-bond donors (Lipinski definition) is 1. The van der Waals surface area contributed by atoms with E-state index >= 15 is 0 Å². The first-order chi connectivity index (χ1) is 9.54. The van der Waals surface area contributed by atoms with Crippen LogP contribution in [0.25, 0.3) is 0 Å². The van der Waals surface area contributed by atoms with Crippen molar-refractivity contribution < 1.29 is 9.90 Å². The van der Waals surface area contributed by atoms with E-state index in [1.165, 1.54) is 12.8 Å². The molecule has 4 nitrogen and oxygen atoms in total. The normalized spacial score (nSPS) is 19.2. The standard InChI is InChI=1S/C15H21BrN2O2/c1-3-18-9-5-6-11(18)10-17(2)13-8-4-7-12(16)14(13)15(19)20/h4,7-8,11H,3,5-6,9-10H2,1-2H3,(H,19,20). The number of likely N-dealkylation sites (tertiary alicyclic amines) is 1. The van der Waals surface area contributed by atoms with Gasteiger partial charge in [-0.05, 0) is 54.0 Å². The van der Waals surface area contributed by atoms with Gasteiger partial charge in [0.25, 0.3) is 0 Å². The Labute approximate surface area is 128 Å². The van der Waals surface area contributed by atoms with Crippen molar-refractivity contribution >= 4 is 27.6 Å². The lowest BCUT2D eigenvalue weighted by Gasteiger charge is -2.29. The highest BCUT2D eigenvalue weighted by Gasteiger charge is 2.25. The van der Waals surface area contributed by atoms with Gasteiger partial charge in [-0.2, -0.15) is 0 Å². The summed E-state index contributed by atoms with van der Waals surface area (Å²) in [5.41, 5.74) is 1.12. The molecule has 0 aliphatic carbocycles. The summed E-state index contributed by atoms with van der Waals surface area (Å²) in [7, 11) is 1.97. The lowest BCUT2D eigenvalue weighted by Crippen LogP contribution is -2.39. The van der Waals surface area contributed by atoms with Crippen LogP contribution in [0.15, 0.2) is 22.7 Å². The van der Waals surface area contributed by atoms with E-state index in [0.29, 0.717) is 16.1 Å². The van der Waals surface area contributed by atoms with E-state index in [-0.39, 0.29) is 0 Å². The molecule has 0 spiro atoms. The number of nitrogens with zero attached hydrogens (tertiary/aromatic N) is 2. The Balaban J connectivity index is 2.19. The van der Waals surface area contributed by atoms with Crippen LogP contribution >= 0.6 is 15.9 Å². The summed E-state index contributed by atoms with van der Waals surface area (Å²) in [6, 6.07) is 6.05. The summed E-state index contributed by atoms with van der Waals surface area (Å²) >= 11 is 3.34. The Morgan fingerprint density at radius 2 is 2.30 bits per heavy atom. The Hall–Kier alpha value is -1.07. The van der Waals surface area contributed by atoms with Crippen LogP contribution in [0, 0.1) is 0 Å².